The highest BCUT2D eigenvalue weighted by Gasteiger charge is 2.22. The monoisotopic (exact) mass is 781 g/mol. The molecule has 0 aliphatic carbocycles. The summed E-state index contributed by atoms with van der Waals surface area (Å²) in [7, 11) is 0. The van der Waals surface area contributed by atoms with Gasteiger partial charge in [-0.2, -0.15) is 0 Å². The first kappa shape index (κ1) is 35.6. The number of para-hydroxylation sites is 2. The number of hydrogen-bond acceptors (Lipinski definition) is 2. The Kier molecular flexibility index (Phi) is 9.11. The van der Waals surface area contributed by atoms with Gasteiger partial charge in [-0.3, -0.25) is 0 Å². The molecule has 2 heteroatoms. The van der Waals surface area contributed by atoms with Crippen LogP contribution in [0, 0.1) is 0 Å². The normalized spacial score (nSPS) is 11.3. The molecular formula is C58H39NS. The molecule has 0 amide bonds. The van der Waals surface area contributed by atoms with Crippen LogP contribution in [0.2, 0.25) is 0 Å². The predicted molar refractivity (Wildman–Crippen MR) is 259 cm³/mol. The molecule has 0 saturated heterocycles. The van der Waals surface area contributed by atoms with Crippen LogP contribution in [0.15, 0.2) is 237 Å². The summed E-state index contributed by atoms with van der Waals surface area (Å²) < 4.78 is 2.62. The molecule has 1 nitrogen and oxygen atoms in total. The van der Waals surface area contributed by atoms with Gasteiger partial charge in [-0.1, -0.05) is 194 Å². The van der Waals surface area contributed by atoms with Gasteiger partial charge in [0.05, 0.1) is 11.4 Å². The number of benzene rings is 10. The van der Waals surface area contributed by atoms with Crippen LogP contribution in [0.1, 0.15) is 0 Å². The Morgan fingerprint density at radius 2 is 0.733 bits per heavy atom. The van der Waals surface area contributed by atoms with Crippen molar-refractivity contribution < 1.29 is 0 Å². The minimum absolute atomic E-state index is 1.09. The van der Waals surface area contributed by atoms with Crippen LogP contribution < -0.4 is 4.90 Å². The second-order valence-electron chi connectivity index (χ2n) is 15.2. The summed E-state index contributed by atoms with van der Waals surface area (Å²) in [6.07, 6.45) is 0. The molecule has 1 heterocycles. The number of hydrogen-bond donors (Lipinski definition) is 0. The summed E-state index contributed by atoms with van der Waals surface area (Å²) in [5.74, 6) is 0. The number of anilines is 3. The Hall–Kier alpha value is -7.52. The molecule has 0 bridgehead atoms. The van der Waals surface area contributed by atoms with Crippen molar-refractivity contribution in [3.63, 3.8) is 0 Å². The SMILES string of the molecule is c1ccc(-c2ccc(-c3ccc(N(c4ccccc4-c4ccc5sc6ccccc6c5c4)c4ccccc4-c4ccccc4-c4cccc5ccccc45)cc3)cc2)cc1. The Balaban J connectivity index is 1.09. The summed E-state index contributed by atoms with van der Waals surface area (Å²) in [6.45, 7) is 0. The van der Waals surface area contributed by atoms with Crippen molar-refractivity contribution in [3.8, 4) is 55.6 Å². The van der Waals surface area contributed by atoms with Crippen molar-refractivity contribution in [2.45, 2.75) is 0 Å². The lowest BCUT2D eigenvalue weighted by Gasteiger charge is -2.30. The van der Waals surface area contributed by atoms with Crippen LogP contribution in [0.4, 0.5) is 17.1 Å². The van der Waals surface area contributed by atoms with Gasteiger partial charge in [0.1, 0.15) is 0 Å². The quantitative estimate of drug-likeness (QED) is 0.148. The summed E-state index contributed by atoms with van der Waals surface area (Å²) in [5, 5.41) is 5.08. The summed E-state index contributed by atoms with van der Waals surface area (Å²) in [6, 6.07) is 86.2. The van der Waals surface area contributed by atoms with E-state index in [9.17, 15) is 0 Å². The summed E-state index contributed by atoms with van der Waals surface area (Å²) in [5.41, 5.74) is 15.3. The standard InChI is InChI=1S/C58H39NS/c1-2-15-40(16-3-1)41-29-31-42(32-30-41)43-33-36-46(37-34-43)59(55-26-11-8-20-48(55)45-35-38-58-54(39-45)53-24-10-13-28-57(53)60-58)56-27-12-9-23-52(56)51-22-7-6-21-50(51)49-25-14-18-44-17-4-5-19-47(44)49/h1-39H. The van der Waals surface area contributed by atoms with Gasteiger partial charge in [-0.25, -0.2) is 0 Å². The summed E-state index contributed by atoms with van der Waals surface area (Å²) >= 11 is 1.86. The zero-order valence-corrected chi connectivity index (χ0v) is 33.7. The van der Waals surface area contributed by atoms with Gasteiger partial charge in [-0.05, 0) is 97.7 Å². The molecular weight excluding hydrogens is 743 g/mol. The highest BCUT2D eigenvalue weighted by Crippen LogP contribution is 2.48. The zero-order chi connectivity index (χ0) is 39.8. The second kappa shape index (κ2) is 15.3. The van der Waals surface area contributed by atoms with Gasteiger partial charge in [0.25, 0.3) is 0 Å². The van der Waals surface area contributed by atoms with E-state index in [-0.39, 0.29) is 0 Å². The molecule has 0 unspecified atom stereocenters. The average Bonchev–Trinajstić information content (AvgIpc) is 3.70. The molecule has 0 N–H and O–H groups in total. The highest BCUT2D eigenvalue weighted by molar-refractivity contribution is 7.25. The lowest BCUT2D eigenvalue weighted by Crippen LogP contribution is -2.12. The van der Waals surface area contributed by atoms with Crippen molar-refractivity contribution >= 4 is 59.3 Å². The number of fused-ring (bicyclic) bond motifs is 4. The third-order valence-corrected chi connectivity index (χ3v) is 12.9. The first-order valence-corrected chi connectivity index (χ1v) is 21.3. The fourth-order valence-corrected chi connectivity index (χ4v) is 9.90. The smallest absolute Gasteiger partial charge is 0.0540 e. The third-order valence-electron chi connectivity index (χ3n) is 11.7. The second-order valence-corrected chi connectivity index (χ2v) is 16.3. The fraction of sp³-hybridized carbons (Fsp3) is 0. The van der Waals surface area contributed by atoms with E-state index < -0.39 is 0 Å². The van der Waals surface area contributed by atoms with Crippen molar-refractivity contribution in [1.29, 1.82) is 0 Å². The highest BCUT2D eigenvalue weighted by atomic mass is 32.1. The molecule has 0 spiro atoms. The minimum atomic E-state index is 1.09. The average molecular weight is 782 g/mol. The van der Waals surface area contributed by atoms with Crippen molar-refractivity contribution in [1.82, 2.24) is 0 Å². The lowest BCUT2D eigenvalue weighted by molar-refractivity contribution is 1.28. The number of rotatable bonds is 8. The molecule has 0 radical (unpaired) electrons. The molecule has 282 valence electrons. The van der Waals surface area contributed by atoms with E-state index in [1.165, 1.54) is 81.0 Å². The maximum Gasteiger partial charge on any atom is 0.0540 e. The summed E-state index contributed by atoms with van der Waals surface area (Å²) in [4.78, 5) is 2.46. The molecule has 0 aliphatic rings. The Morgan fingerprint density at radius 3 is 1.47 bits per heavy atom. The number of nitrogens with zero attached hydrogens (tertiary/aromatic N) is 1. The van der Waals surface area contributed by atoms with Crippen molar-refractivity contribution in [3.05, 3.63) is 237 Å². The van der Waals surface area contributed by atoms with Crippen LogP contribution in [-0.2, 0) is 0 Å². The largest absolute Gasteiger partial charge is 0.309 e. The minimum Gasteiger partial charge on any atom is -0.309 e. The van der Waals surface area contributed by atoms with Gasteiger partial charge in [-0.15, -0.1) is 11.3 Å². The molecule has 0 fully saturated rings. The van der Waals surface area contributed by atoms with Gasteiger partial charge >= 0.3 is 0 Å². The van der Waals surface area contributed by atoms with Gasteiger partial charge in [0, 0.05) is 37.0 Å². The van der Waals surface area contributed by atoms with E-state index in [2.05, 4.69) is 241 Å². The predicted octanol–water partition coefficient (Wildman–Crippen LogP) is 17.0. The zero-order valence-electron chi connectivity index (χ0n) is 32.9. The van der Waals surface area contributed by atoms with Crippen LogP contribution in [0.3, 0.4) is 0 Å². The topological polar surface area (TPSA) is 3.24 Å². The molecule has 0 saturated carbocycles. The molecule has 0 aliphatic heterocycles. The van der Waals surface area contributed by atoms with Gasteiger partial charge < -0.3 is 4.90 Å². The molecule has 1 aromatic heterocycles. The van der Waals surface area contributed by atoms with Crippen LogP contribution in [-0.4, -0.2) is 0 Å². The van der Waals surface area contributed by atoms with E-state index in [1.807, 2.05) is 11.3 Å². The third kappa shape index (κ3) is 6.44. The van der Waals surface area contributed by atoms with Gasteiger partial charge in [0.2, 0.25) is 0 Å². The molecule has 11 rings (SSSR count). The Labute approximate surface area is 354 Å². The Bertz CT molecular complexity index is 3300. The maximum atomic E-state index is 2.46. The first-order valence-electron chi connectivity index (χ1n) is 20.5. The van der Waals surface area contributed by atoms with Crippen molar-refractivity contribution in [2.75, 3.05) is 4.90 Å². The van der Waals surface area contributed by atoms with E-state index in [1.54, 1.807) is 0 Å². The lowest BCUT2D eigenvalue weighted by atomic mass is 9.90. The molecule has 11 aromatic rings. The molecule has 10 aromatic carbocycles. The Morgan fingerprint density at radius 1 is 0.267 bits per heavy atom. The van der Waals surface area contributed by atoms with Crippen molar-refractivity contribution in [2.24, 2.45) is 0 Å². The van der Waals surface area contributed by atoms with Crippen LogP contribution in [0.5, 0.6) is 0 Å². The van der Waals surface area contributed by atoms with E-state index >= 15 is 0 Å². The fourth-order valence-electron chi connectivity index (χ4n) is 8.81. The molecule has 0 atom stereocenters. The maximum absolute atomic E-state index is 2.46. The van der Waals surface area contributed by atoms with Crippen LogP contribution >= 0.6 is 11.3 Å². The van der Waals surface area contributed by atoms with E-state index in [0.29, 0.717) is 0 Å². The van der Waals surface area contributed by atoms with Crippen LogP contribution in [0.25, 0.3) is 86.6 Å². The van der Waals surface area contributed by atoms with E-state index in [4.69, 9.17) is 0 Å². The first-order chi connectivity index (χ1) is 29.8. The van der Waals surface area contributed by atoms with Gasteiger partial charge in [0.15, 0.2) is 0 Å². The number of thiophene rings is 1. The van der Waals surface area contributed by atoms with E-state index in [0.717, 1.165) is 22.6 Å². The molecule has 60 heavy (non-hydrogen) atoms.